The molecule has 1 aromatic carbocycles. The first-order chi connectivity index (χ1) is 10.1. The molecule has 0 aliphatic heterocycles. The van der Waals surface area contributed by atoms with Gasteiger partial charge in [0.05, 0.1) is 5.69 Å². The Hall–Kier alpha value is -1.68. The van der Waals surface area contributed by atoms with Crippen molar-refractivity contribution >= 4 is 0 Å². The van der Waals surface area contributed by atoms with E-state index in [1.54, 1.807) is 10.7 Å². The zero-order valence-electron chi connectivity index (χ0n) is 13.3. The second-order valence-electron chi connectivity index (χ2n) is 5.20. The van der Waals surface area contributed by atoms with Gasteiger partial charge in [-0.15, -0.1) is 0 Å². The van der Waals surface area contributed by atoms with Crippen molar-refractivity contribution in [3.63, 3.8) is 0 Å². The minimum absolute atomic E-state index is 0.0830. The Labute approximate surface area is 126 Å². The molecule has 1 unspecified atom stereocenters. The fourth-order valence-corrected chi connectivity index (χ4v) is 2.61. The Morgan fingerprint density at radius 3 is 2.62 bits per heavy atom. The Morgan fingerprint density at radius 1 is 1.24 bits per heavy atom. The molecule has 0 amide bonds. The first kappa shape index (κ1) is 15.7. The number of aryl methyl sites for hydroxylation is 2. The Bertz CT molecular complexity index is 604. The minimum atomic E-state index is -0.224. The summed E-state index contributed by atoms with van der Waals surface area (Å²) in [5.74, 6) is -0.224. The monoisotopic (exact) mass is 289 g/mol. The van der Waals surface area contributed by atoms with Gasteiger partial charge in [-0.3, -0.25) is 0 Å². The van der Waals surface area contributed by atoms with Crippen LogP contribution in [0.1, 0.15) is 50.7 Å². The molecule has 0 aliphatic carbocycles. The molecule has 0 saturated carbocycles. The summed E-state index contributed by atoms with van der Waals surface area (Å²) >= 11 is 0. The van der Waals surface area contributed by atoms with E-state index in [1.165, 1.54) is 6.07 Å². The highest BCUT2D eigenvalue weighted by atomic mass is 19.1. The van der Waals surface area contributed by atoms with Crippen LogP contribution in [0.2, 0.25) is 0 Å². The summed E-state index contributed by atoms with van der Waals surface area (Å²) in [6.07, 6.45) is 1.68. The van der Waals surface area contributed by atoms with E-state index in [2.05, 4.69) is 44.2 Å². The second kappa shape index (κ2) is 6.85. The number of rotatable bonds is 6. The Balaban J connectivity index is 2.59. The number of nitrogens with zero attached hydrogens (tertiary/aromatic N) is 2. The number of halogens is 1. The van der Waals surface area contributed by atoms with Crippen LogP contribution in [-0.2, 0) is 12.8 Å². The molecule has 0 bridgehead atoms. The Morgan fingerprint density at radius 2 is 2.00 bits per heavy atom. The highest BCUT2D eigenvalue weighted by molar-refractivity contribution is 5.45. The van der Waals surface area contributed by atoms with Gasteiger partial charge < -0.3 is 5.32 Å². The van der Waals surface area contributed by atoms with Crippen LogP contribution in [0.15, 0.2) is 24.3 Å². The van der Waals surface area contributed by atoms with E-state index in [4.69, 9.17) is 0 Å². The average Bonchev–Trinajstić information content (AvgIpc) is 2.90. The predicted molar refractivity (Wildman–Crippen MR) is 84.4 cm³/mol. The van der Waals surface area contributed by atoms with Crippen LogP contribution in [-0.4, -0.2) is 16.3 Å². The minimum Gasteiger partial charge on any atom is -0.310 e. The highest BCUT2D eigenvalue weighted by Gasteiger charge is 2.18. The number of hydrogen-bond donors (Lipinski definition) is 1. The van der Waals surface area contributed by atoms with Crippen molar-refractivity contribution in [1.29, 1.82) is 0 Å². The summed E-state index contributed by atoms with van der Waals surface area (Å²) in [5, 5.41) is 7.93. The van der Waals surface area contributed by atoms with E-state index in [-0.39, 0.29) is 11.9 Å². The predicted octanol–water partition coefficient (Wildman–Crippen LogP) is 3.81. The van der Waals surface area contributed by atoms with Gasteiger partial charge in [0.15, 0.2) is 0 Å². The number of nitrogens with one attached hydrogen (secondary N) is 1. The largest absolute Gasteiger partial charge is 0.310 e. The number of benzene rings is 1. The maximum absolute atomic E-state index is 14.5. The molecule has 0 saturated heterocycles. The molecular formula is C17H24FN3. The third-order valence-electron chi connectivity index (χ3n) is 3.76. The first-order valence-corrected chi connectivity index (χ1v) is 7.72. The van der Waals surface area contributed by atoms with Crippen LogP contribution in [0.4, 0.5) is 4.39 Å². The van der Waals surface area contributed by atoms with Gasteiger partial charge in [-0.2, -0.15) is 5.10 Å². The van der Waals surface area contributed by atoms with Crippen molar-refractivity contribution in [3.05, 3.63) is 47.0 Å². The maximum atomic E-state index is 14.5. The molecule has 0 spiro atoms. The first-order valence-electron chi connectivity index (χ1n) is 7.72. The third-order valence-corrected chi connectivity index (χ3v) is 3.76. The van der Waals surface area contributed by atoms with Crippen LogP contribution in [0, 0.1) is 5.82 Å². The Kier molecular flexibility index (Phi) is 5.12. The SMILES string of the molecule is CCNC(C)c1cccc(F)c1-n1nc(CC)cc1CC. The van der Waals surface area contributed by atoms with Gasteiger partial charge in [-0.25, -0.2) is 9.07 Å². The van der Waals surface area contributed by atoms with Crippen molar-refractivity contribution in [2.45, 2.75) is 46.6 Å². The van der Waals surface area contributed by atoms with E-state index in [9.17, 15) is 4.39 Å². The lowest BCUT2D eigenvalue weighted by atomic mass is 10.1. The molecule has 114 valence electrons. The summed E-state index contributed by atoms with van der Waals surface area (Å²) in [4.78, 5) is 0. The summed E-state index contributed by atoms with van der Waals surface area (Å²) in [5.41, 5.74) is 3.55. The van der Waals surface area contributed by atoms with Crippen LogP contribution >= 0.6 is 0 Å². The molecule has 0 aliphatic rings. The number of para-hydroxylation sites is 1. The van der Waals surface area contributed by atoms with Crippen LogP contribution in [0.25, 0.3) is 5.69 Å². The molecule has 1 atom stereocenters. The molecule has 1 N–H and O–H groups in total. The van der Waals surface area contributed by atoms with Gasteiger partial charge in [-0.05, 0) is 44.0 Å². The van der Waals surface area contributed by atoms with Crippen LogP contribution in [0.3, 0.4) is 0 Å². The van der Waals surface area contributed by atoms with Crippen LogP contribution in [0.5, 0.6) is 0 Å². The molecule has 0 fully saturated rings. The van der Waals surface area contributed by atoms with Gasteiger partial charge >= 0.3 is 0 Å². The van der Waals surface area contributed by atoms with Gasteiger partial charge in [0.2, 0.25) is 0 Å². The standard InChI is InChI=1S/C17H24FN3/c1-5-13-11-14(6-2)21(20-13)17-15(12(4)19-7-3)9-8-10-16(17)18/h8-12,19H,5-7H2,1-4H3. The molecule has 1 heterocycles. The zero-order chi connectivity index (χ0) is 15.4. The molecule has 3 nitrogen and oxygen atoms in total. The molecular weight excluding hydrogens is 265 g/mol. The van der Waals surface area contributed by atoms with Gasteiger partial charge in [0.1, 0.15) is 11.5 Å². The molecule has 2 aromatic rings. The highest BCUT2D eigenvalue weighted by Crippen LogP contribution is 2.26. The molecule has 21 heavy (non-hydrogen) atoms. The van der Waals surface area contributed by atoms with E-state index in [0.29, 0.717) is 5.69 Å². The summed E-state index contributed by atoms with van der Waals surface area (Å²) in [6.45, 7) is 9.08. The van der Waals surface area contributed by atoms with E-state index in [1.807, 2.05) is 6.07 Å². The normalized spacial score (nSPS) is 12.6. The summed E-state index contributed by atoms with van der Waals surface area (Å²) in [6, 6.07) is 7.38. The third kappa shape index (κ3) is 3.16. The zero-order valence-corrected chi connectivity index (χ0v) is 13.3. The van der Waals surface area contributed by atoms with Gasteiger partial charge in [0, 0.05) is 11.7 Å². The number of aromatic nitrogens is 2. The lowest BCUT2D eigenvalue weighted by Gasteiger charge is -2.19. The average molecular weight is 289 g/mol. The number of hydrogen-bond acceptors (Lipinski definition) is 2. The fraction of sp³-hybridized carbons (Fsp3) is 0.471. The maximum Gasteiger partial charge on any atom is 0.149 e. The van der Waals surface area contributed by atoms with Crippen molar-refractivity contribution in [1.82, 2.24) is 15.1 Å². The topological polar surface area (TPSA) is 29.9 Å². The second-order valence-corrected chi connectivity index (χ2v) is 5.20. The van der Waals surface area contributed by atoms with E-state index in [0.717, 1.165) is 36.3 Å². The van der Waals surface area contributed by atoms with Gasteiger partial charge in [0.25, 0.3) is 0 Å². The van der Waals surface area contributed by atoms with Gasteiger partial charge in [-0.1, -0.05) is 32.9 Å². The summed E-state index contributed by atoms with van der Waals surface area (Å²) in [7, 11) is 0. The van der Waals surface area contributed by atoms with Crippen LogP contribution < -0.4 is 5.32 Å². The van der Waals surface area contributed by atoms with Crippen molar-refractivity contribution in [3.8, 4) is 5.69 Å². The summed E-state index contributed by atoms with van der Waals surface area (Å²) < 4.78 is 16.3. The van der Waals surface area contributed by atoms with E-state index < -0.39 is 0 Å². The smallest absolute Gasteiger partial charge is 0.149 e. The molecule has 1 aromatic heterocycles. The van der Waals surface area contributed by atoms with Crippen molar-refractivity contribution < 1.29 is 4.39 Å². The lowest BCUT2D eigenvalue weighted by molar-refractivity contribution is 0.566. The van der Waals surface area contributed by atoms with Crippen molar-refractivity contribution in [2.75, 3.05) is 6.54 Å². The molecule has 2 rings (SSSR count). The lowest BCUT2D eigenvalue weighted by Crippen LogP contribution is -2.20. The van der Waals surface area contributed by atoms with Crippen molar-refractivity contribution in [2.24, 2.45) is 0 Å². The fourth-order valence-electron chi connectivity index (χ4n) is 2.61. The quantitative estimate of drug-likeness (QED) is 0.876. The van der Waals surface area contributed by atoms with E-state index >= 15 is 0 Å². The molecule has 0 radical (unpaired) electrons. The molecule has 4 heteroatoms.